The van der Waals surface area contributed by atoms with Crippen LogP contribution in [-0.2, 0) is 17.7 Å². The molecule has 2 N–H and O–H groups in total. The lowest BCUT2D eigenvalue weighted by molar-refractivity contribution is 0.185. The molecule has 0 radical (unpaired) electrons. The van der Waals surface area contributed by atoms with Crippen molar-refractivity contribution in [2.45, 2.75) is 39.3 Å². The Morgan fingerprint density at radius 1 is 1.38 bits per heavy atom. The van der Waals surface area contributed by atoms with E-state index in [2.05, 4.69) is 17.6 Å². The number of hydrogen-bond acceptors (Lipinski definition) is 4. The molecule has 0 unspecified atom stereocenters. The number of urea groups is 1. The maximum atomic E-state index is 12.0. The van der Waals surface area contributed by atoms with E-state index in [1.165, 1.54) is 5.56 Å². The third kappa shape index (κ3) is 4.12. The summed E-state index contributed by atoms with van der Waals surface area (Å²) in [6.45, 7) is 7.19. The van der Waals surface area contributed by atoms with Crippen LogP contribution in [0.15, 0.2) is 12.1 Å². The minimum Gasteiger partial charge on any atom is -0.494 e. The predicted octanol–water partition coefficient (Wildman–Crippen LogP) is 2.24. The highest BCUT2D eigenvalue weighted by molar-refractivity contribution is 5.74. The Morgan fingerprint density at radius 3 is 3.00 bits per heavy atom. The van der Waals surface area contributed by atoms with Gasteiger partial charge < -0.3 is 24.8 Å². The maximum Gasteiger partial charge on any atom is 0.315 e. The predicted molar refractivity (Wildman–Crippen MR) is 90.6 cm³/mol. The summed E-state index contributed by atoms with van der Waals surface area (Å²) >= 11 is 0. The van der Waals surface area contributed by atoms with Gasteiger partial charge in [-0.1, -0.05) is 0 Å². The van der Waals surface area contributed by atoms with Crippen molar-refractivity contribution in [3.05, 3.63) is 23.3 Å². The van der Waals surface area contributed by atoms with Crippen LogP contribution >= 0.6 is 0 Å². The van der Waals surface area contributed by atoms with Gasteiger partial charge in [0.1, 0.15) is 17.6 Å². The average molecular weight is 334 g/mol. The van der Waals surface area contributed by atoms with Crippen molar-refractivity contribution in [1.82, 2.24) is 10.6 Å². The Hall–Kier alpha value is -1.95. The summed E-state index contributed by atoms with van der Waals surface area (Å²) in [5, 5.41) is 5.80. The first-order chi connectivity index (χ1) is 11.7. The van der Waals surface area contributed by atoms with Crippen molar-refractivity contribution in [1.29, 1.82) is 0 Å². The standard InChI is InChI=1S/C18H26N2O4/c1-3-23-16-7-14-6-12(2)24-17(14)8-15(16)10-20-18(21)19-9-13-4-5-22-11-13/h7-8,12-13H,3-6,9-11H2,1-2H3,(H2,19,20,21)/t12-,13-/m0/s1. The van der Waals surface area contributed by atoms with E-state index in [1.807, 2.05) is 19.1 Å². The molecule has 0 saturated carbocycles. The first-order valence-electron chi connectivity index (χ1n) is 8.70. The zero-order valence-electron chi connectivity index (χ0n) is 14.4. The van der Waals surface area contributed by atoms with Crippen molar-refractivity contribution in [2.24, 2.45) is 5.92 Å². The largest absolute Gasteiger partial charge is 0.494 e. The number of rotatable bonds is 6. The Bertz CT molecular complexity index is 585. The summed E-state index contributed by atoms with van der Waals surface area (Å²) in [4.78, 5) is 12.0. The molecule has 0 spiro atoms. The zero-order valence-corrected chi connectivity index (χ0v) is 14.4. The van der Waals surface area contributed by atoms with Crippen LogP contribution in [0.25, 0.3) is 0 Å². The molecule has 2 atom stereocenters. The molecule has 0 aliphatic carbocycles. The SMILES string of the molecule is CCOc1cc2c(cc1CNC(=O)NC[C@@H]1CCOC1)O[C@@H](C)C2. The second kappa shape index (κ2) is 7.75. The highest BCUT2D eigenvalue weighted by Crippen LogP contribution is 2.35. The lowest BCUT2D eigenvalue weighted by Gasteiger charge is -2.14. The molecule has 1 aromatic rings. The number of benzene rings is 1. The van der Waals surface area contributed by atoms with Crippen molar-refractivity contribution < 1.29 is 19.0 Å². The molecule has 0 bridgehead atoms. The number of carbonyl (C=O) groups is 1. The van der Waals surface area contributed by atoms with Crippen molar-refractivity contribution >= 4 is 6.03 Å². The normalized spacial score (nSPS) is 21.9. The molecular formula is C18H26N2O4. The fourth-order valence-electron chi connectivity index (χ4n) is 3.13. The maximum absolute atomic E-state index is 12.0. The van der Waals surface area contributed by atoms with Gasteiger partial charge in [-0.2, -0.15) is 0 Å². The van der Waals surface area contributed by atoms with Crippen LogP contribution in [0.4, 0.5) is 4.79 Å². The van der Waals surface area contributed by atoms with Crippen LogP contribution in [0.2, 0.25) is 0 Å². The topological polar surface area (TPSA) is 68.8 Å². The molecule has 24 heavy (non-hydrogen) atoms. The van der Waals surface area contributed by atoms with E-state index in [9.17, 15) is 4.79 Å². The van der Waals surface area contributed by atoms with Crippen molar-refractivity contribution in [3.63, 3.8) is 0 Å². The van der Waals surface area contributed by atoms with Crippen LogP contribution in [0, 0.1) is 5.92 Å². The molecule has 2 aliphatic rings. The minimum atomic E-state index is -0.167. The number of carbonyl (C=O) groups excluding carboxylic acids is 1. The molecule has 2 heterocycles. The third-order valence-electron chi connectivity index (χ3n) is 4.39. The lowest BCUT2D eigenvalue weighted by Crippen LogP contribution is -2.38. The quantitative estimate of drug-likeness (QED) is 0.837. The van der Waals surface area contributed by atoms with Gasteiger partial charge in [-0.25, -0.2) is 4.79 Å². The molecule has 1 saturated heterocycles. The van der Waals surface area contributed by atoms with Gasteiger partial charge in [0, 0.05) is 43.2 Å². The summed E-state index contributed by atoms with van der Waals surface area (Å²) in [6, 6.07) is 3.85. The Balaban J connectivity index is 1.57. The van der Waals surface area contributed by atoms with Gasteiger partial charge in [0.15, 0.2) is 0 Å². The summed E-state index contributed by atoms with van der Waals surface area (Å²) in [7, 11) is 0. The Kier molecular flexibility index (Phi) is 5.45. The van der Waals surface area contributed by atoms with E-state index in [4.69, 9.17) is 14.2 Å². The fraction of sp³-hybridized carbons (Fsp3) is 0.611. The average Bonchev–Trinajstić information content (AvgIpc) is 3.19. The van der Waals surface area contributed by atoms with E-state index in [0.29, 0.717) is 25.6 Å². The summed E-state index contributed by atoms with van der Waals surface area (Å²) < 4.78 is 16.8. The summed E-state index contributed by atoms with van der Waals surface area (Å²) in [6.07, 6.45) is 2.09. The minimum absolute atomic E-state index is 0.167. The van der Waals surface area contributed by atoms with Gasteiger partial charge >= 0.3 is 6.03 Å². The molecule has 3 rings (SSSR count). The smallest absolute Gasteiger partial charge is 0.315 e. The van der Waals surface area contributed by atoms with Gasteiger partial charge in [0.25, 0.3) is 0 Å². The summed E-state index contributed by atoms with van der Waals surface area (Å²) in [5.74, 6) is 2.13. The molecule has 2 amide bonds. The number of hydrogen-bond donors (Lipinski definition) is 2. The summed E-state index contributed by atoms with van der Waals surface area (Å²) in [5.41, 5.74) is 2.10. The molecule has 6 nitrogen and oxygen atoms in total. The molecule has 1 fully saturated rings. The number of ether oxygens (including phenoxy) is 3. The van der Waals surface area contributed by atoms with Gasteiger partial charge in [0.2, 0.25) is 0 Å². The molecule has 2 aliphatic heterocycles. The van der Waals surface area contributed by atoms with Gasteiger partial charge in [-0.3, -0.25) is 0 Å². The number of amides is 2. The van der Waals surface area contributed by atoms with E-state index in [-0.39, 0.29) is 12.1 Å². The van der Waals surface area contributed by atoms with Crippen LogP contribution in [0.5, 0.6) is 11.5 Å². The van der Waals surface area contributed by atoms with Crippen LogP contribution in [0.3, 0.4) is 0 Å². The van der Waals surface area contributed by atoms with E-state index in [1.54, 1.807) is 0 Å². The molecule has 0 aromatic heterocycles. The third-order valence-corrected chi connectivity index (χ3v) is 4.39. The van der Waals surface area contributed by atoms with Gasteiger partial charge in [-0.05, 0) is 32.4 Å². The van der Waals surface area contributed by atoms with Crippen molar-refractivity contribution in [3.8, 4) is 11.5 Å². The van der Waals surface area contributed by atoms with Gasteiger partial charge in [0.05, 0.1) is 13.2 Å². The highest BCUT2D eigenvalue weighted by atomic mass is 16.5. The second-order valence-corrected chi connectivity index (χ2v) is 6.43. The van der Waals surface area contributed by atoms with Crippen LogP contribution in [-0.4, -0.2) is 38.5 Å². The second-order valence-electron chi connectivity index (χ2n) is 6.43. The molecule has 1 aromatic carbocycles. The Morgan fingerprint density at radius 2 is 2.25 bits per heavy atom. The lowest BCUT2D eigenvalue weighted by atomic mass is 10.1. The first-order valence-corrected chi connectivity index (χ1v) is 8.70. The van der Waals surface area contributed by atoms with Crippen molar-refractivity contribution in [2.75, 3.05) is 26.4 Å². The van der Waals surface area contributed by atoms with E-state index < -0.39 is 0 Å². The van der Waals surface area contributed by atoms with Gasteiger partial charge in [-0.15, -0.1) is 0 Å². The molecular weight excluding hydrogens is 308 g/mol. The highest BCUT2D eigenvalue weighted by Gasteiger charge is 2.22. The van der Waals surface area contributed by atoms with Crippen LogP contribution < -0.4 is 20.1 Å². The monoisotopic (exact) mass is 334 g/mol. The fourth-order valence-corrected chi connectivity index (χ4v) is 3.13. The van der Waals surface area contributed by atoms with Crippen LogP contribution in [0.1, 0.15) is 31.4 Å². The number of fused-ring (bicyclic) bond motifs is 1. The molecule has 132 valence electrons. The number of nitrogens with one attached hydrogen (secondary N) is 2. The zero-order chi connectivity index (χ0) is 16.9. The Labute approximate surface area is 142 Å². The first kappa shape index (κ1) is 16.9. The van der Waals surface area contributed by atoms with E-state index >= 15 is 0 Å². The molecule has 6 heteroatoms. The van der Waals surface area contributed by atoms with E-state index in [0.717, 1.165) is 43.1 Å².